The second-order valence-electron chi connectivity index (χ2n) is 3.17. The van der Waals surface area contributed by atoms with E-state index in [0.717, 1.165) is 13.0 Å². The maximum Gasteiger partial charge on any atom is 0.321 e. The molecule has 0 saturated heterocycles. The topological polar surface area (TPSA) is 106 Å². The predicted molar refractivity (Wildman–Crippen MR) is 53.1 cm³/mol. The highest BCUT2D eigenvalue weighted by Gasteiger charge is 2.09. The molecule has 7 heteroatoms. The normalized spacial score (nSPS) is 12.6. The van der Waals surface area contributed by atoms with Gasteiger partial charge in [-0.1, -0.05) is 5.21 Å². The van der Waals surface area contributed by atoms with Gasteiger partial charge in [0.25, 0.3) is 0 Å². The van der Waals surface area contributed by atoms with Crippen molar-refractivity contribution in [2.45, 2.75) is 19.0 Å². The molecule has 0 bridgehead atoms. The van der Waals surface area contributed by atoms with Gasteiger partial charge in [-0.3, -0.25) is 9.48 Å². The van der Waals surface area contributed by atoms with Crippen molar-refractivity contribution in [2.75, 3.05) is 13.1 Å². The predicted octanol–water partition coefficient (Wildman–Crippen LogP) is -1.33. The summed E-state index contributed by atoms with van der Waals surface area (Å²) in [6, 6.07) is -0.837. The number of aliphatic carboxylic acids is 1. The third-order valence-corrected chi connectivity index (χ3v) is 1.89. The summed E-state index contributed by atoms with van der Waals surface area (Å²) in [6.07, 6.45) is 4.26. The van der Waals surface area contributed by atoms with Gasteiger partial charge >= 0.3 is 5.97 Å². The monoisotopic (exact) mass is 213 g/mol. The molecule has 0 amide bonds. The van der Waals surface area contributed by atoms with Gasteiger partial charge in [-0.15, -0.1) is 5.10 Å². The van der Waals surface area contributed by atoms with Gasteiger partial charge in [0.2, 0.25) is 0 Å². The van der Waals surface area contributed by atoms with Crippen molar-refractivity contribution < 1.29 is 9.90 Å². The van der Waals surface area contributed by atoms with E-state index in [4.69, 9.17) is 10.8 Å². The zero-order valence-corrected chi connectivity index (χ0v) is 8.33. The van der Waals surface area contributed by atoms with Crippen molar-refractivity contribution in [1.82, 2.24) is 20.3 Å². The van der Waals surface area contributed by atoms with E-state index in [1.807, 2.05) is 0 Å². The summed E-state index contributed by atoms with van der Waals surface area (Å²) in [6.45, 7) is 1.75. The van der Waals surface area contributed by atoms with Crippen molar-refractivity contribution >= 4 is 5.97 Å². The molecule has 1 aromatic heterocycles. The van der Waals surface area contributed by atoms with Gasteiger partial charge in [0.05, 0.1) is 6.20 Å². The lowest BCUT2D eigenvalue weighted by Gasteiger charge is -2.07. The fourth-order valence-corrected chi connectivity index (χ4v) is 1.06. The zero-order valence-electron chi connectivity index (χ0n) is 8.33. The van der Waals surface area contributed by atoms with Crippen molar-refractivity contribution in [3.63, 3.8) is 0 Å². The second kappa shape index (κ2) is 6.10. The highest BCUT2D eigenvalue weighted by atomic mass is 16.4. The molecule has 0 radical (unpaired) electrons. The number of nitrogens with one attached hydrogen (secondary N) is 1. The van der Waals surface area contributed by atoms with Crippen LogP contribution < -0.4 is 11.1 Å². The number of nitrogens with two attached hydrogens (primary N) is 1. The molecule has 1 unspecified atom stereocenters. The van der Waals surface area contributed by atoms with Gasteiger partial charge in [-0.05, 0) is 13.0 Å². The Kier molecular flexibility index (Phi) is 4.72. The van der Waals surface area contributed by atoms with Crippen LogP contribution in [0.5, 0.6) is 0 Å². The van der Waals surface area contributed by atoms with Gasteiger partial charge in [0.1, 0.15) is 6.04 Å². The number of hydrogen-bond donors (Lipinski definition) is 3. The molecule has 4 N–H and O–H groups in total. The lowest BCUT2D eigenvalue weighted by molar-refractivity contribution is -0.138. The smallest absolute Gasteiger partial charge is 0.321 e. The lowest BCUT2D eigenvalue weighted by Crippen LogP contribution is -2.40. The number of aromatic nitrogens is 3. The first-order valence-corrected chi connectivity index (χ1v) is 4.73. The minimum Gasteiger partial charge on any atom is -0.480 e. The highest BCUT2D eigenvalue weighted by Crippen LogP contribution is 1.85. The van der Waals surface area contributed by atoms with Crippen LogP contribution >= 0.6 is 0 Å². The molecule has 0 saturated carbocycles. The fourth-order valence-electron chi connectivity index (χ4n) is 1.06. The van der Waals surface area contributed by atoms with Gasteiger partial charge in [0, 0.05) is 19.3 Å². The first-order chi connectivity index (χ1) is 7.20. The van der Waals surface area contributed by atoms with Crippen LogP contribution in [0, 0.1) is 0 Å². The summed E-state index contributed by atoms with van der Waals surface area (Å²) >= 11 is 0. The van der Waals surface area contributed by atoms with Gasteiger partial charge in [-0.2, -0.15) is 0 Å². The summed E-state index contributed by atoms with van der Waals surface area (Å²) in [7, 11) is 0. The summed E-state index contributed by atoms with van der Waals surface area (Å²) in [5.74, 6) is -0.987. The van der Waals surface area contributed by atoms with Crippen molar-refractivity contribution in [3.8, 4) is 0 Å². The largest absolute Gasteiger partial charge is 0.480 e. The molecule has 84 valence electrons. The van der Waals surface area contributed by atoms with E-state index in [-0.39, 0.29) is 6.54 Å². The van der Waals surface area contributed by atoms with Crippen LogP contribution in [0.4, 0.5) is 0 Å². The van der Waals surface area contributed by atoms with E-state index in [1.54, 1.807) is 17.1 Å². The average Bonchev–Trinajstić information content (AvgIpc) is 2.69. The Morgan fingerprint density at radius 3 is 3.07 bits per heavy atom. The van der Waals surface area contributed by atoms with Crippen LogP contribution in [0.25, 0.3) is 0 Å². The molecule has 1 rings (SSSR count). The Labute approximate surface area is 87.3 Å². The number of hydrogen-bond acceptors (Lipinski definition) is 5. The molecule has 1 heterocycles. The summed E-state index contributed by atoms with van der Waals surface area (Å²) in [5.41, 5.74) is 5.30. The molecule has 1 atom stereocenters. The van der Waals surface area contributed by atoms with Crippen molar-refractivity contribution in [1.29, 1.82) is 0 Å². The number of rotatable bonds is 7. The van der Waals surface area contributed by atoms with Gasteiger partial charge in [0.15, 0.2) is 0 Å². The first-order valence-electron chi connectivity index (χ1n) is 4.73. The standard InChI is InChI=1S/C8H15N5O2/c9-7(8(14)15)6-10-2-1-4-13-5-3-11-12-13/h3,5,7,10H,1-2,4,6,9H2,(H,14,15). The van der Waals surface area contributed by atoms with E-state index in [2.05, 4.69) is 15.6 Å². The van der Waals surface area contributed by atoms with Gasteiger partial charge in [-0.25, -0.2) is 0 Å². The van der Waals surface area contributed by atoms with E-state index >= 15 is 0 Å². The highest BCUT2D eigenvalue weighted by molar-refractivity contribution is 5.73. The maximum atomic E-state index is 10.4. The van der Waals surface area contributed by atoms with Crippen molar-refractivity contribution in [3.05, 3.63) is 12.4 Å². The Morgan fingerprint density at radius 1 is 1.67 bits per heavy atom. The molecule has 0 aromatic carbocycles. The van der Waals surface area contributed by atoms with Crippen LogP contribution in [-0.4, -0.2) is 45.2 Å². The number of aryl methyl sites for hydroxylation is 1. The number of carboxylic acid groups (broad SMARTS) is 1. The maximum absolute atomic E-state index is 10.4. The Bertz CT molecular complexity index is 287. The van der Waals surface area contributed by atoms with Crippen LogP contribution in [-0.2, 0) is 11.3 Å². The zero-order chi connectivity index (χ0) is 11.1. The van der Waals surface area contributed by atoms with E-state index in [0.29, 0.717) is 6.54 Å². The van der Waals surface area contributed by atoms with E-state index < -0.39 is 12.0 Å². The number of carboxylic acids is 1. The Morgan fingerprint density at radius 2 is 2.47 bits per heavy atom. The summed E-state index contributed by atoms with van der Waals surface area (Å²) in [4.78, 5) is 10.4. The summed E-state index contributed by atoms with van der Waals surface area (Å²) < 4.78 is 1.72. The van der Waals surface area contributed by atoms with Crippen LogP contribution in [0.3, 0.4) is 0 Å². The molecule has 0 aliphatic rings. The number of nitrogens with zero attached hydrogens (tertiary/aromatic N) is 3. The molecule has 0 spiro atoms. The minimum atomic E-state index is -0.987. The molecule has 1 aromatic rings. The third kappa shape index (κ3) is 4.52. The number of carbonyl (C=O) groups is 1. The van der Waals surface area contributed by atoms with E-state index in [9.17, 15) is 4.79 Å². The van der Waals surface area contributed by atoms with Crippen molar-refractivity contribution in [2.24, 2.45) is 5.73 Å². The second-order valence-corrected chi connectivity index (χ2v) is 3.17. The average molecular weight is 213 g/mol. The van der Waals surface area contributed by atoms with Crippen LogP contribution in [0.2, 0.25) is 0 Å². The molecule has 0 aliphatic carbocycles. The third-order valence-electron chi connectivity index (χ3n) is 1.89. The molecular formula is C8H15N5O2. The minimum absolute atomic E-state index is 0.284. The summed E-state index contributed by atoms with van der Waals surface area (Å²) in [5, 5.41) is 18.9. The van der Waals surface area contributed by atoms with Crippen LogP contribution in [0.15, 0.2) is 12.4 Å². The molecule has 0 fully saturated rings. The molecular weight excluding hydrogens is 198 g/mol. The quantitative estimate of drug-likeness (QED) is 0.484. The van der Waals surface area contributed by atoms with E-state index in [1.165, 1.54) is 0 Å². The molecule has 7 nitrogen and oxygen atoms in total. The fraction of sp³-hybridized carbons (Fsp3) is 0.625. The molecule has 0 aliphatic heterocycles. The molecule has 15 heavy (non-hydrogen) atoms. The lowest BCUT2D eigenvalue weighted by atomic mass is 10.3. The first kappa shape index (κ1) is 11.6. The van der Waals surface area contributed by atoms with Gasteiger partial charge < -0.3 is 16.2 Å². The Balaban J connectivity index is 2.00. The van der Waals surface area contributed by atoms with Crippen LogP contribution in [0.1, 0.15) is 6.42 Å². The Hall–Kier alpha value is -1.47. The SMILES string of the molecule is NC(CNCCCn1ccnn1)C(=O)O.